The highest BCUT2D eigenvalue weighted by Gasteiger charge is 2.01. The monoisotopic (exact) mass is 212 g/mol. The average Bonchev–Trinajstić information content (AvgIpc) is 2.72. The number of nitrogens with zero attached hydrogens (tertiary/aromatic N) is 3. The Balaban J connectivity index is 1.97. The molecule has 0 aliphatic rings. The van der Waals surface area contributed by atoms with Gasteiger partial charge in [-0.15, -0.1) is 11.3 Å². The van der Waals surface area contributed by atoms with E-state index in [2.05, 4.69) is 19.7 Å². The lowest BCUT2D eigenvalue weighted by atomic mass is 10.4. The van der Waals surface area contributed by atoms with E-state index in [-0.39, 0.29) is 0 Å². The van der Waals surface area contributed by atoms with Gasteiger partial charge >= 0.3 is 0 Å². The molecule has 2 aromatic rings. The highest BCUT2D eigenvalue weighted by atomic mass is 32.1. The number of thiazole rings is 1. The van der Waals surface area contributed by atoms with Crippen LogP contribution in [0.2, 0.25) is 0 Å². The molecular weight excluding hydrogens is 204 g/mol. The van der Waals surface area contributed by atoms with Gasteiger partial charge in [-0.3, -0.25) is 0 Å². The van der Waals surface area contributed by atoms with Crippen molar-refractivity contribution in [1.82, 2.24) is 14.3 Å². The Kier molecular flexibility index (Phi) is 2.51. The van der Waals surface area contributed by atoms with Crippen LogP contribution < -0.4 is 5.32 Å². The van der Waals surface area contributed by atoms with Gasteiger partial charge in [0.1, 0.15) is 6.33 Å². The van der Waals surface area contributed by atoms with Crippen LogP contribution in [0.4, 0.5) is 5.13 Å². The topological polar surface area (TPSA) is 50.7 Å². The highest BCUT2D eigenvalue weighted by molar-refractivity contribution is 7.10. The van der Waals surface area contributed by atoms with Crippen molar-refractivity contribution in [3.8, 4) is 0 Å². The summed E-state index contributed by atoms with van der Waals surface area (Å²) in [5.74, 6) is 0. The van der Waals surface area contributed by atoms with Gasteiger partial charge in [0, 0.05) is 16.4 Å². The summed E-state index contributed by atoms with van der Waals surface area (Å²) in [5.41, 5.74) is 2.94. The number of anilines is 1. The average molecular weight is 212 g/mol. The number of hydrogen-bond acceptors (Lipinski definition) is 6. The number of aromatic nitrogens is 3. The molecule has 0 aromatic carbocycles. The van der Waals surface area contributed by atoms with Crippen LogP contribution in [0.3, 0.4) is 0 Å². The molecule has 68 valence electrons. The van der Waals surface area contributed by atoms with E-state index in [1.807, 2.05) is 12.4 Å². The second-order valence-corrected chi connectivity index (χ2v) is 4.18. The number of hydrogen-bond donors (Lipinski definition) is 1. The Bertz CT molecular complexity index is 368. The molecule has 0 unspecified atom stereocenters. The summed E-state index contributed by atoms with van der Waals surface area (Å²) < 4.78 is 3.90. The van der Waals surface area contributed by atoms with Crippen LogP contribution in [-0.2, 0) is 6.54 Å². The first kappa shape index (κ1) is 8.58. The molecule has 0 saturated carbocycles. The molecule has 2 rings (SSSR count). The Hall–Kier alpha value is -1.01. The maximum atomic E-state index is 4.16. The fraction of sp³-hybridized carbons (Fsp3) is 0.286. The molecule has 0 atom stereocenters. The molecule has 2 heterocycles. The van der Waals surface area contributed by atoms with Gasteiger partial charge in [0.2, 0.25) is 5.13 Å². The normalized spacial score (nSPS) is 10.2. The van der Waals surface area contributed by atoms with E-state index in [0.717, 1.165) is 17.4 Å². The van der Waals surface area contributed by atoms with E-state index in [9.17, 15) is 0 Å². The lowest BCUT2D eigenvalue weighted by Gasteiger charge is -1.98. The zero-order valence-electron chi connectivity index (χ0n) is 7.02. The Morgan fingerprint density at radius 3 is 3.00 bits per heavy atom. The highest BCUT2D eigenvalue weighted by Crippen LogP contribution is 2.15. The third-order valence-electron chi connectivity index (χ3n) is 1.61. The molecular formula is C7H8N4S2. The van der Waals surface area contributed by atoms with E-state index in [0.29, 0.717) is 0 Å². The Morgan fingerprint density at radius 2 is 2.38 bits per heavy atom. The summed E-state index contributed by atoms with van der Waals surface area (Å²) in [5, 5.41) is 4.04. The van der Waals surface area contributed by atoms with Crippen molar-refractivity contribution in [2.45, 2.75) is 13.5 Å². The molecule has 0 radical (unpaired) electrons. The zero-order valence-corrected chi connectivity index (χ0v) is 8.65. The summed E-state index contributed by atoms with van der Waals surface area (Å²) >= 11 is 3.02. The summed E-state index contributed by atoms with van der Waals surface area (Å²) in [6.07, 6.45) is 1.55. The number of aryl methyl sites for hydroxylation is 1. The molecule has 0 amide bonds. The van der Waals surface area contributed by atoms with E-state index in [4.69, 9.17) is 0 Å². The van der Waals surface area contributed by atoms with E-state index in [1.165, 1.54) is 16.4 Å². The van der Waals surface area contributed by atoms with Crippen molar-refractivity contribution >= 4 is 28.0 Å². The molecule has 0 saturated heterocycles. The molecule has 0 aliphatic carbocycles. The van der Waals surface area contributed by atoms with E-state index in [1.54, 1.807) is 17.7 Å². The van der Waals surface area contributed by atoms with Crippen LogP contribution in [0.1, 0.15) is 10.6 Å². The quantitative estimate of drug-likeness (QED) is 0.844. The van der Waals surface area contributed by atoms with Crippen molar-refractivity contribution < 1.29 is 0 Å². The van der Waals surface area contributed by atoms with Gasteiger partial charge in [-0.1, -0.05) is 0 Å². The fourth-order valence-corrected chi connectivity index (χ4v) is 2.04. The second-order valence-electron chi connectivity index (χ2n) is 2.46. The van der Waals surface area contributed by atoms with Crippen LogP contribution in [0.25, 0.3) is 0 Å². The molecule has 0 bridgehead atoms. The predicted octanol–water partition coefficient (Wildman–Crippen LogP) is 1.92. The Labute approximate surface area is 83.8 Å². The molecule has 13 heavy (non-hydrogen) atoms. The maximum absolute atomic E-state index is 4.16. The molecule has 1 N–H and O–H groups in total. The summed E-state index contributed by atoms with van der Waals surface area (Å²) in [6.45, 7) is 2.79. The smallest absolute Gasteiger partial charge is 0.202 e. The van der Waals surface area contributed by atoms with Gasteiger partial charge in [-0.2, -0.15) is 4.37 Å². The van der Waals surface area contributed by atoms with Gasteiger partial charge in [-0.25, -0.2) is 9.97 Å². The van der Waals surface area contributed by atoms with Crippen molar-refractivity contribution in [2.75, 3.05) is 5.32 Å². The molecule has 2 aromatic heterocycles. The molecule has 0 fully saturated rings. The minimum absolute atomic E-state index is 0.783. The first-order chi connectivity index (χ1) is 6.36. The van der Waals surface area contributed by atoms with Crippen LogP contribution in [-0.4, -0.2) is 14.3 Å². The number of rotatable bonds is 3. The first-order valence-corrected chi connectivity index (χ1v) is 5.41. The second kappa shape index (κ2) is 3.80. The summed E-state index contributed by atoms with van der Waals surface area (Å²) in [4.78, 5) is 9.43. The largest absolute Gasteiger partial charge is 0.355 e. The molecule has 6 heteroatoms. The summed E-state index contributed by atoms with van der Waals surface area (Å²) in [7, 11) is 0. The van der Waals surface area contributed by atoms with Gasteiger partial charge in [0.15, 0.2) is 0 Å². The van der Waals surface area contributed by atoms with Crippen molar-refractivity contribution in [2.24, 2.45) is 0 Å². The van der Waals surface area contributed by atoms with Crippen molar-refractivity contribution in [1.29, 1.82) is 0 Å². The van der Waals surface area contributed by atoms with Crippen LogP contribution in [0, 0.1) is 6.92 Å². The van der Waals surface area contributed by atoms with Crippen molar-refractivity contribution in [3.05, 3.63) is 22.4 Å². The van der Waals surface area contributed by atoms with Gasteiger partial charge < -0.3 is 5.32 Å². The minimum Gasteiger partial charge on any atom is -0.355 e. The molecule has 0 spiro atoms. The molecule has 4 nitrogen and oxygen atoms in total. The lowest BCUT2D eigenvalue weighted by molar-refractivity contribution is 1.11. The molecule has 0 aliphatic heterocycles. The lowest BCUT2D eigenvalue weighted by Crippen LogP contribution is -1.97. The van der Waals surface area contributed by atoms with Gasteiger partial charge in [0.25, 0.3) is 0 Å². The first-order valence-electron chi connectivity index (χ1n) is 3.76. The van der Waals surface area contributed by atoms with Crippen molar-refractivity contribution in [3.63, 3.8) is 0 Å². The standard InChI is InChI=1S/C7H8N4S2/c1-5-6(12-4-10-5)2-8-7-9-3-11-13-7/h3-4H,2H2,1H3,(H,8,9,11). The predicted molar refractivity (Wildman–Crippen MR) is 54.1 cm³/mol. The maximum Gasteiger partial charge on any atom is 0.202 e. The SMILES string of the molecule is Cc1ncsc1CNc1ncns1. The third-order valence-corrected chi connectivity index (χ3v) is 3.16. The van der Waals surface area contributed by atoms with Crippen LogP contribution in [0.5, 0.6) is 0 Å². The Morgan fingerprint density at radius 1 is 1.46 bits per heavy atom. The summed E-state index contributed by atoms with van der Waals surface area (Å²) in [6, 6.07) is 0. The van der Waals surface area contributed by atoms with Gasteiger partial charge in [0.05, 0.1) is 17.7 Å². The third kappa shape index (κ3) is 2.02. The van der Waals surface area contributed by atoms with E-state index < -0.39 is 0 Å². The van der Waals surface area contributed by atoms with E-state index >= 15 is 0 Å². The van der Waals surface area contributed by atoms with Crippen LogP contribution in [0.15, 0.2) is 11.8 Å². The number of nitrogens with one attached hydrogen (secondary N) is 1. The van der Waals surface area contributed by atoms with Gasteiger partial charge in [-0.05, 0) is 6.92 Å². The van der Waals surface area contributed by atoms with Crippen LogP contribution >= 0.6 is 22.9 Å². The minimum atomic E-state index is 0.783. The zero-order chi connectivity index (χ0) is 9.10. The fourth-order valence-electron chi connectivity index (χ4n) is 0.903.